The van der Waals surface area contributed by atoms with E-state index in [1.165, 1.54) is 30.6 Å². The standard InChI is InChI=1S/C18H13Cl2N5O5S/c1-24-9-21-23-18(24)31-14-6-5-10(7-13(14)25(28)29)17(27)30-8-15(26)22-16-11(19)3-2-4-12(16)20/h2-7,9H,8H2,1H3,(H,22,26). The van der Waals surface area contributed by atoms with Gasteiger partial charge >= 0.3 is 5.97 Å². The lowest BCUT2D eigenvalue weighted by Gasteiger charge is -2.10. The third kappa shape index (κ3) is 5.51. The Morgan fingerprint density at radius 1 is 1.26 bits per heavy atom. The molecule has 3 aromatic rings. The molecular weight excluding hydrogens is 469 g/mol. The summed E-state index contributed by atoms with van der Waals surface area (Å²) in [5, 5.41) is 22.4. The topological polar surface area (TPSA) is 129 Å². The van der Waals surface area contributed by atoms with Crippen LogP contribution in [0.5, 0.6) is 0 Å². The number of nitrogens with one attached hydrogen (secondary N) is 1. The van der Waals surface area contributed by atoms with Gasteiger partial charge in [0.05, 0.1) is 31.1 Å². The Bertz CT molecular complexity index is 1150. The maximum absolute atomic E-state index is 12.3. The van der Waals surface area contributed by atoms with E-state index in [1.807, 2.05) is 0 Å². The molecule has 0 aliphatic heterocycles. The second kappa shape index (κ2) is 9.77. The molecule has 1 aromatic heterocycles. The van der Waals surface area contributed by atoms with E-state index in [0.717, 1.165) is 17.8 Å². The summed E-state index contributed by atoms with van der Waals surface area (Å²) in [4.78, 5) is 35.4. The number of hydrogen-bond acceptors (Lipinski definition) is 8. The van der Waals surface area contributed by atoms with Gasteiger partial charge in [-0.3, -0.25) is 14.9 Å². The molecule has 160 valence electrons. The van der Waals surface area contributed by atoms with Crippen LogP contribution in [0.4, 0.5) is 11.4 Å². The van der Waals surface area contributed by atoms with Crippen molar-refractivity contribution in [1.82, 2.24) is 14.8 Å². The molecule has 2 aromatic carbocycles. The number of rotatable bonds is 7. The highest BCUT2D eigenvalue weighted by atomic mass is 35.5. The summed E-state index contributed by atoms with van der Waals surface area (Å²) in [6, 6.07) is 8.52. The van der Waals surface area contributed by atoms with E-state index in [1.54, 1.807) is 17.7 Å². The van der Waals surface area contributed by atoms with Crippen molar-refractivity contribution < 1.29 is 19.2 Å². The molecule has 1 heterocycles. The van der Waals surface area contributed by atoms with Crippen LogP contribution < -0.4 is 5.32 Å². The Hall–Kier alpha value is -3.15. The monoisotopic (exact) mass is 481 g/mol. The van der Waals surface area contributed by atoms with E-state index >= 15 is 0 Å². The van der Waals surface area contributed by atoms with Crippen molar-refractivity contribution in [2.45, 2.75) is 10.1 Å². The molecule has 0 saturated carbocycles. The SMILES string of the molecule is Cn1cnnc1Sc1ccc(C(=O)OCC(=O)Nc2c(Cl)cccc2Cl)cc1[N+](=O)[O-]. The lowest BCUT2D eigenvalue weighted by atomic mass is 10.2. The van der Waals surface area contributed by atoms with Gasteiger partial charge < -0.3 is 14.6 Å². The molecule has 0 unspecified atom stereocenters. The first-order valence-electron chi connectivity index (χ1n) is 8.47. The molecule has 10 nitrogen and oxygen atoms in total. The summed E-state index contributed by atoms with van der Waals surface area (Å²) in [7, 11) is 1.70. The molecule has 0 atom stereocenters. The molecule has 1 amide bonds. The lowest BCUT2D eigenvalue weighted by Crippen LogP contribution is -2.21. The lowest BCUT2D eigenvalue weighted by molar-refractivity contribution is -0.387. The van der Waals surface area contributed by atoms with Crippen LogP contribution in [-0.4, -0.2) is 38.2 Å². The quantitative estimate of drug-likeness (QED) is 0.304. The van der Waals surface area contributed by atoms with Gasteiger partial charge in [0.15, 0.2) is 11.8 Å². The number of hydrogen-bond donors (Lipinski definition) is 1. The van der Waals surface area contributed by atoms with Crippen molar-refractivity contribution in [2.75, 3.05) is 11.9 Å². The average molecular weight is 482 g/mol. The number of anilines is 1. The summed E-state index contributed by atoms with van der Waals surface area (Å²) in [6.07, 6.45) is 1.46. The Morgan fingerprint density at radius 2 is 1.97 bits per heavy atom. The molecule has 0 saturated heterocycles. The molecule has 0 bridgehead atoms. The van der Waals surface area contributed by atoms with Crippen LogP contribution >= 0.6 is 35.0 Å². The van der Waals surface area contributed by atoms with Crippen LogP contribution in [-0.2, 0) is 16.6 Å². The van der Waals surface area contributed by atoms with E-state index in [9.17, 15) is 19.7 Å². The van der Waals surface area contributed by atoms with Gasteiger partial charge in [0.1, 0.15) is 6.33 Å². The van der Waals surface area contributed by atoms with Gasteiger partial charge in [0, 0.05) is 13.1 Å². The smallest absolute Gasteiger partial charge is 0.338 e. The number of carbonyl (C=O) groups is 2. The van der Waals surface area contributed by atoms with Gasteiger partial charge in [-0.2, -0.15) is 0 Å². The van der Waals surface area contributed by atoms with Crippen molar-refractivity contribution in [3.05, 3.63) is 68.4 Å². The summed E-state index contributed by atoms with van der Waals surface area (Å²) in [5.74, 6) is -1.58. The first kappa shape index (κ1) is 22.5. The Balaban J connectivity index is 1.68. The third-order valence-electron chi connectivity index (χ3n) is 3.82. The second-order valence-corrected chi connectivity index (χ2v) is 7.81. The zero-order chi connectivity index (χ0) is 22.5. The van der Waals surface area contributed by atoms with Crippen molar-refractivity contribution in [3.63, 3.8) is 0 Å². The number of amides is 1. The predicted octanol–water partition coefficient (Wildman–Crippen LogP) is 3.98. The fourth-order valence-electron chi connectivity index (χ4n) is 2.34. The van der Waals surface area contributed by atoms with Gasteiger partial charge in [0.2, 0.25) is 0 Å². The zero-order valence-electron chi connectivity index (χ0n) is 15.7. The fourth-order valence-corrected chi connectivity index (χ4v) is 3.69. The molecular formula is C18H13Cl2N5O5S. The van der Waals surface area contributed by atoms with Gasteiger partial charge in [-0.15, -0.1) is 10.2 Å². The molecule has 0 radical (unpaired) electrons. The van der Waals surface area contributed by atoms with E-state index < -0.39 is 23.4 Å². The molecule has 0 aliphatic rings. The summed E-state index contributed by atoms with van der Waals surface area (Å²) >= 11 is 13.0. The van der Waals surface area contributed by atoms with Crippen LogP contribution in [0.3, 0.4) is 0 Å². The molecule has 13 heteroatoms. The molecule has 0 spiro atoms. The number of benzene rings is 2. The highest BCUT2D eigenvalue weighted by Crippen LogP contribution is 2.34. The minimum atomic E-state index is -0.904. The highest BCUT2D eigenvalue weighted by Gasteiger charge is 2.21. The number of nitrogens with zero attached hydrogens (tertiary/aromatic N) is 4. The number of nitro benzene ring substituents is 1. The van der Waals surface area contributed by atoms with Crippen molar-refractivity contribution in [1.29, 1.82) is 0 Å². The summed E-state index contributed by atoms with van der Waals surface area (Å²) in [6.45, 7) is -0.635. The third-order valence-corrected chi connectivity index (χ3v) is 5.57. The summed E-state index contributed by atoms with van der Waals surface area (Å²) < 4.78 is 6.55. The Labute approximate surface area is 189 Å². The number of halogens is 2. The van der Waals surface area contributed by atoms with Crippen molar-refractivity contribution >= 4 is 58.2 Å². The molecule has 31 heavy (non-hydrogen) atoms. The number of nitro groups is 1. The van der Waals surface area contributed by atoms with Crippen LogP contribution in [0.1, 0.15) is 10.4 Å². The first-order chi connectivity index (χ1) is 14.8. The van der Waals surface area contributed by atoms with E-state index in [-0.39, 0.29) is 31.9 Å². The van der Waals surface area contributed by atoms with Gasteiger partial charge in [-0.1, -0.05) is 29.3 Å². The van der Waals surface area contributed by atoms with E-state index in [0.29, 0.717) is 5.16 Å². The van der Waals surface area contributed by atoms with Crippen LogP contribution in [0.15, 0.2) is 52.8 Å². The number of aromatic nitrogens is 3. The number of carbonyl (C=O) groups excluding carboxylic acids is 2. The van der Waals surface area contributed by atoms with Gasteiger partial charge in [-0.05, 0) is 36.0 Å². The minimum Gasteiger partial charge on any atom is -0.452 e. The Morgan fingerprint density at radius 3 is 2.58 bits per heavy atom. The number of esters is 1. The average Bonchev–Trinajstić information content (AvgIpc) is 3.13. The van der Waals surface area contributed by atoms with Gasteiger partial charge in [-0.25, -0.2) is 4.79 Å². The zero-order valence-corrected chi connectivity index (χ0v) is 18.1. The fraction of sp³-hybridized carbons (Fsp3) is 0.111. The van der Waals surface area contributed by atoms with Crippen molar-refractivity contribution in [2.24, 2.45) is 7.05 Å². The molecule has 0 aliphatic carbocycles. The second-order valence-electron chi connectivity index (χ2n) is 5.99. The van der Waals surface area contributed by atoms with E-state index in [4.69, 9.17) is 27.9 Å². The normalized spacial score (nSPS) is 10.5. The van der Waals surface area contributed by atoms with Crippen molar-refractivity contribution in [3.8, 4) is 0 Å². The summed E-state index contributed by atoms with van der Waals surface area (Å²) in [5.41, 5.74) is -0.208. The molecule has 0 fully saturated rings. The Kier molecular flexibility index (Phi) is 7.10. The number of aryl methyl sites for hydroxylation is 1. The number of para-hydroxylation sites is 1. The molecule has 1 N–H and O–H groups in total. The first-order valence-corrected chi connectivity index (χ1v) is 10.0. The largest absolute Gasteiger partial charge is 0.452 e. The van der Waals surface area contributed by atoms with Crippen LogP contribution in [0.2, 0.25) is 10.0 Å². The van der Waals surface area contributed by atoms with Crippen LogP contribution in [0.25, 0.3) is 0 Å². The highest BCUT2D eigenvalue weighted by molar-refractivity contribution is 7.99. The molecule has 3 rings (SSSR count). The number of ether oxygens (including phenoxy) is 1. The van der Waals surface area contributed by atoms with E-state index in [2.05, 4.69) is 15.5 Å². The minimum absolute atomic E-state index is 0.0856. The predicted molar refractivity (Wildman–Crippen MR) is 114 cm³/mol. The maximum atomic E-state index is 12.3. The van der Waals surface area contributed by atoms with Gasteiger partial charge in [0.25, 0.3) is 11.6 Å². The van der Waals surface area contributed by atoms with Crippen LogP contribution in [0, 0.1) is 10.1 Å². The maximum Gasteiger partial charge on any atom is 0.338 e.